The summed E-state index contributed by atoms with van der Waals surface area (Å²) in [7, 11) is 0. The van der Waals surface area contributed by atoms with E-state index in [4.69, 9.17) is 0 Å². The third-order valence-electron chi connectivity index (χ3n) is 3.94. The van der Waals surface area contributed by atoms with Crippen molar-refractivity contribution in [1.82, 2.24) is 0 Å². The van der Waals surface area contributed by atoms with E-state index in [9.17, 15) is 0 Å². The molecule has 0 aromatic heterocycles. The minimum Gasteiger partial charge on any atom is -0.199 e. The molecule has 3 aromatic carbocycles. The third-order valence-corrected chi connectivity index (χ3v) is 3.94. The van der Waals surface area contributed by atoms with Crippen LogP contribution >= 0.6 is 0 Å². The molecule has 3 aromatic rings. The summed E-state index contributed by atoms with van der Waals surface area (Å²) in [6, 6.07) is 15.1. The van der Waals surface area contributed by atoms with Crippen LogP contribution in [0, 0.1) is 34.6 Å². The van der Waals surface area contributed by atoms with Gasteiger partial charge in [0.2, 0.25) is 0 Å². The molecule has 0 atom stereocenters. The molecule has 109 valence electrons. The van der Waals surface area contributed by atoms with Gasteiger partial charge in [0.05, 0.1) is 0 Å². The molecule has 0 nitrogen and oxygen atoms in total. The van der Waals surface area contributed by atoms with Gasteiger partial charge in [0, 0.05) is 0 Å². The Labute approximate surface area is 152 Å². The number of hydrogen-bond donors (Lipinski definition) is 0. The van der Waals surface area contributed by atoms with Crippen molar-refractivity contribution < 1.29 is 26.2 Å². The number of benzene rings is 1. The summed E-state index contributed by atoms with van der Waals surface area (Å²) < 4.78 is 0. The summed E-state index contributed by atoms with van der Waals surface area (Å²) in [5.41, 5.74) is 7.09. The zero-order chi connectivity index (χ0) is 14.0. The van der Waals surface area contributed by atoms with E-state index in [0.717, 1.165) is 0 Å². The molecule has 0 amide bonds. The second-order valence-corrected chi connectivity index (χ2v) is 5.42. The van der Waals surface area contributed by atoms with Crippen molar-refractivity contribution in [2.45, 2.75) is 34.6 Å². The molecule has 0 heterocycles. The van der Waals surface area contributed by atoms with Crippen molar-refractivity contribution >= 4 is 21.7 Å². The summed E-state index contributed by atoms with van der Waals surface area (Å²) in [5.74, 6) is 0. The molecule has 0 saturated heterocycles. The Morgan fingerprint density at radius 3 is 2.05 bits per heavy atom. The first-order chi connectivity index (χ1) is 8.99. The SMILES string of the molecule is Cc1c[c-](C)c(C)c1C.Cc1cc2ccccc2[cH-]1.[SiH3].[Zr+2]. The summed E-state index contributed by atoms with van der Waals surface area (Å²) in [6.07, 6.45) is 0. The van der Waals surface area contributed by atoms with Gasteiger partial charge in [-0.15, -0.1) is 40.6 Å². The molecule has 0 aliphatic carbocycles. The van der Waals surface area contributed by atoms with E-state index in [0.29, 0.717) is 0 Å². The van der Waals surface area contributed by atoms with E-state index in [1.807, 2.05) is 0 Å². The molecule has 21 heavy (non-hydrogen) atoms. The first kappa shape index (κ1) is 20.3. The average Bonchev–Trinajstić information content (AvgIpc) is 2.86. The maximum absolute atomic E-state index is 2.24. The van der Waals surface area contributed by atoms with Gasteiger partial charge in [-0.25, -0.2) is 0 Å². The van der Waals surface area contributed by atoms with Gasteiger partial charge in [-0.2, -0.15) is 34.4 Å². The van der Waals surface area contributed by atoms with Crippen molar-refractivity contribution in [1.29, 1.82) is 0 Å². The Balaban J connectivity index is 0.000000350. The summed E-state index contributed by atoms with van der Waals surface area (Å²) in [6.45, 7) is 10.8. The van der Waals surface area contributed by atoms with Crippen molar-refractivity contribution in [3.8, 4) is 0 Å². The fourth-order valence-corrected chi connectivity index (χ4v) is 2.44. The molecule has 2 heteroatoms. The maximum atomic E-state index is 2.24. The minimum absolute atomic E-state index is 0. The fraction of sp³-hybridized carbons (Fsp3) is 0.263. The standard InChI is InChI=1S/C10H9.C9H13.H3Si.Zr/c1-8-6-9-4-2-3-5-10(9)7-8;1-6-5-7(2)9(4)8(6)3;;/h2-7H,1H3;5H,1-4H3;1H3;/q2*-1;;+2. The van der Waals surface area contributed by atoms with Crippen molar-refractivity contribution in [2.24, 2.45) is 0 Å². The molecule has 0 aliphatic rings. The Morgan fingerprint density at radius 1 is 1.00 bits per heavy atom. The van der Waals surface area contributed by atoms with Crippen LogP contribution < -0.4 is 0 Å². The Hall–Kier alpha value is -0.720. The van der Waals surface area contributed by atoms with E-state index in [2.05, 4.69) is 77.1 Å². The van der Waals surface area contributed by atoms with Crippen LogP contribution in [0.1, 0.15) is 27.8 Å². The summed E-state index contributed by atoms with van der Waals surface area (Å²) in [4.78, 5) is 0. The molecule has 0 spiro atoms. The molecule has 0 fully saturated rings. The molecule has 0 aliphatic heterocycles. The number of rotatable bonds is 0. The Bertz CT molecular complexity index is 633. The van der Waals surface area contributed by atoms with Gasteiger partial charge in [-0.1, -0.05) is 40.7 Å². The van der Waals surface area contributed by atoms with Gasteiger partial charge in [-0.05, 0) is 11.0 Å². The van der Waals surface area contributed by atoms with Crippen LogP contribution in [0.3, 0.4) is 0 Å². The predicted molar refractivity (Wildman–Crippen MR) is 95.2 cm³/mol. The second-order valence-electron chi connectivity index (χ2n) is 5.42. The Morgan fingerprint density at radius 2 is 1.62 bits per heavy atom. The summed E-state index contributed by atoms with van der Waals surface area (Å²) in [5, 5.41) is 2.69. The van der Waals surface area contributed by atoms with Gasteiger partial charge in [0.25, 0.3) is 0 Å². The van der Waals surface area contributed by atoms with Gasteiger partial charge >= 0.3 is 26.2 Å². The van der Waals surface area contributed by atoms with E-state index in [1.165, 1.54) is 38.6 Å². The summed E-state index contributed by atoms with van der Waals surface area (Å²) >= 11 is 0. The van der Waals surface area contributed by atoms with Gasteiger partial charge in [0.15, 0.2) is 0 Å². The van der Waals surface area contributed by atoms with Crippen LogP contribution in [-0.2, 0) is 26.2 Å². The predicted octanol–water partition coefficient (Wildman–Crippen LogP) is 4.32. The second kappa shape index (κ2) is 8.66. The zero-order valence-corrected chi connectivity index (χ0v) is 18.5. The minimum atomic E-state index is 0. The molecule has 3 rings (SSSR count). The smallest absolute Gasteiger partial charge is 0.199 e. The van der Waals surface area contributed by atoms with Crippen molar-refractivity contribution in [2.75, 3.05) is 0 Å². The molecule has 0 N–H and O–H groups in total. The van der Waals surface area contributed by atoms with Crippen molar-refractivity contribution in [3.63, 3.8) is 0 Å². The van der Waals surface area contributed by atoms with Crippen LogP contribution in [0.4, 0.5) is 0 Å². The van der Waals surface area contributed by atoms with Gasteiger partial charge in [-0.3, -0.25) is 0 Å². The van der Waals surface area contributed by atoms with Crippen LogP contribution in [-0.4, -0.2) is 11.0 Å². The monoisotopic (exact) mass is 371 g/mol. The van der Waals surface area contributed by atoms with E-state index in [1.54, 1.807) is 0 Å². The van der Waals surface area contributed by atoms with Crippen molar-refractivity contribution in [3.05, 3.63) is 70.3 Å². The topological polar surface area (TPSA) is 0 Å². The largest absolute Gasteiger partial charge is 2.00 e. The van der Waals surface area contributed by atoms with Gasteiger partial charge < -0.3 is 0 Å². The fourth-order valence-electron chi connectivity index (χ4n) is 2.44. The van der Waals surface area contributed by atoms with Crippen LogP contribution in [0.15, 0.2) is 42.5 Å². The van der Waals surface area contributed by atoms with Crippen LogP contribution in [0.5, 0.6) is 0 Å². The number of hydrogen-bond acceptors (Lipinski definition) is 0. The first-order valence-electron chi connectivity index (χ1n) is 6.81. The molecular weight excluding hydrogens is 348 g/mol. The Kier molecular flexibility index (Phi) is 8.36. The molecule has 1 radical (unpaired) electrons. The molecule has 0 unspecified atom stereocenters. The normalized spacial score (nSPS) is 9.38. The van der Waals surface area contributed by atoms with Gasteiger partial charge in [0.1, 0.15) is 0 Å². The molecular formula is C19H25SiZr. The third kappa shape index (κ3) is 4.90. The molecule has 0 bridgehead atoms. The molecule has 0 saturated carbocycles. The van der Waals surface area contributed by atoms with Crippen LogP contribution in [0.2, 0.25) is 0 Å². The first-order valence-corrected chi connectivity index (χ1v) is 6.81. The van der Waals surface area contributed by atoms with E-state index < -0.39 is 0 Å². The maximum Gasteiger partial charge on any atom is 2.00 e. The number of fused-ring (bicyclic) bond motifs is 1. The van der Waals surface area contributed by atoms with Crippen LogP contribution in [0.25, 0.3) is 10.8 Å². The van der Waals surface area contributed by atoms with E-state index >= 15 is 0 Å². The number of aryl methyl sites for hydroxylation is 3. The quantitative estimate of drug-likeness (QED) is 0.407. The average molecular weight is 373 g/mol. The van der Waals surface area contributed by atoms with E-state index in [-0.39, 0.29) is 37.2 Å². The zero-order valence-electron chi connectivity index (χ0n) is 14.0.